The smallest absolute Gasteiger partial charge is 0.253 e. The van der Waals surface area contributed by atoms with Crippen molar-refractivity contribution in [3.8, 4) is 0 Å². The minimum atomic E-state index is -0.397. The van der Waals surface area contributed by atoms with Crippen LogP contribution < -0.4 is 5.32 Å². The third kappa shape index (κ3) is 4.30. The second-order valence-corrected chi connectivity index (χ2v) is 6.45. The van der Waals surface area contributed by atoms with E-state index in [1.165, 1.54) is 31.4 Å². The Morgan fingerprint density at radius 1 is 1.22 bits per heavy atom. The lowest BCUT2D eigenvalue weighted by Gasteiger charge is -2.37. The van der Waals surface area contributed by atoms with Crippen LogP contribution in [-0.4, -0.2) is 42.6 Å². The van der Waals surface area contributed by atoms with Gasteiger partial charge in [-0.05, 0) is 30.5 Å². The van der Waals surface area contributed by atoms with Gasteiger partial charge in [-0.3, -0.25) is 4.79 Å². The zero-order valence-electron chi connectivity index (χ0n) is 13.5. The molecule has 0 unspecified atom stereocenters. The molecule has 23 heavy (non-hydrogen) atoms. The molecular weight excluding hydrogens is 295 g/mol. The van der Waals surface area contributed by atoms with Crippen LogP contribution in [0.15, 0.2) is 24.3 Å². The Hall–Kier alpha value is -1.46. The minimum absolute atomic E-state index is 0.0634. The van der Waals surface area contributed by atoms with Crippen molar-refractivity contribution in [1.82, 2.24) is 10.2 Å². The van der Waals surface area contributed by atoms with Gasteiger partial charge in [-0.2, -0.15) is 0 Å². The fraction of sp³-hybridized carbons (Fsp3) is 0.611. The highest BCUT2D eigenvalue weighted by atomic mass is 19.1. The third-order valence-electron chi connectivity index (χ3n) is 4.77. The molecule has 3 rings (SSSR count). The first-order chi connectivity index (χ1) is 11.2. The number of benzene rings is 1. The lowest BCUT2D eigenvalue weighted by molar-refractivity contribution is -0.149. The molecule has 1 aromatic carbocycles. The van der Waals surface area contributed by atoms with Gasteiger partial charge in [0.2, 0.25) is 0 Å². The summed E-state index contributed by atoms with van der Waals surface area (Å²) in [6, 6.07) is 6.71. The molecular formula is C18H25FN2O2. The Labute approximate surface area is 137 Å². The first kappa shape index (κ1) is 16.4. The zero-order valence-corrected chi connectivity index (χ0v) is 13.5. The van der Waals surface area contributed by atoms with Crippen LogP contribution in [0.25, 0.3) is 0 Å². The number of hydrogen-bond donors (Lipinski definition) is 1. The molecule has 2 fully saturated rings. The van der Waals surface area contributed by atoms with E-state index in [1.807, 2.05) is 4.90 Å². The second-order valence-electron chi connectivity index (χ2n) is 6.45. The molecule has 2 aliphatic rings. The molecule has 1 atom stereocenters. The molecule has 1 aromatic rings. The van der Waals surface area contributed by atoms with Gasteiger partial charge in [0.1, 0.15) is 11.9 Å². The first-order valence-corrected chi connectivity index (χ1v) is 8.61. The van der Waals surface area contributed by atoms with E-state index >= 15 is 0 Å². The number of ether oxygens (including phenoxy) is 1. The molecule has 0 radical (unpaired) electrons. The molecule has 1 amide bonds. The van der Waals surface area contributed by atoms with Crippen LogP contribution in [0.1, 0.15) is 37.7 Å². The van der Waals surface area contributed by atoms with Crippen molar-refractivity contribution in [2.24, 2.45) is 0 Å². The molecule has 1 N–H and O–H groups in total. The Morgan fingerprint density at radius 2 is 1.96 bits per heavy atom. The van der Waals surface area contributed by atoms with Gasteiger partial charge >= 0.3 is 0 Å². The van der Waals surface area contributed by atoms with Gasteiger partial charge in [0.05, 0.1) is 6.61 Å². The highest BCUT2D eigenvalue weighted by molar-refractivity contribution is 5.81. The maximum Gasteiger partial charge on any atom is 0.253 e. The molecule has 1 heterocycles. The highest BCUT2D eigenvalue weighted by Gasteiger charge is 2.32. The Bertz CT molecular complexity index is 508. The molecule has 0 bridgehead atoms. The summed E-state index contributed by atoms with van der Waals surface area (Å²) >= 11 is 0. The number of carbonyl (C=O) groups is 1. The van der Waals surface area contributed by atoms with Crippen LogP contribution >= 0.6 is 0 Å². The average Bonchev–Trinajstić information content (AvgIpc) is 2.62. The molecule has 5 heteroatoms. The van der Waals surface area contributed by atoms with Crippen molar-refractivity contribution in [1.29, 1.82) is 0 Å². The van der Waals surface area contributed by atoms with Gasteiger partial charge in [0.25, 0.3) is 5.91 Å². The Balaban J connectivity index is 1.74. The predicted octanol–water partition coefficient (Wildman–Crippen LogP) is 2.48. The van der Waals surface area contributed by atoms with Crippen LogP contribution in [0.2, 0.25) is 0 Å². The summed E-state index contributed by atoms with van der Waals surface area (Å²) in [7, 11) is 0. The summed E-state index contributed by atoms with van der Waals surface area (Å²) < 4.78 is 18.8. The second kappa shape index (κ2) is 7.88. The van der Waals surface area contributed by atoms with Gasteiger partial charge in [-0.1, -0.05) is 31.4 Å². The van der Waals surface area contributed by atoms with Crippen LogP contribution in [0.3, 0.4) is 0 Å². The topological polar surface area (TPSA) is 41.6 Å². The molecule has 1 saturated heterocycles. The van der Waals surface area contributed by atoms with Crippen LogP contribution in [0.5, 0.6) is 0 Å². The summed E-state index contributed by atoms with van der Waals surface area (Å²) in [4.78, 5) is 14.9. The molecule has 0 aromatic heterocycles. The molecule has 1 aliphatic carbocycles. The van der Waals surface area contributed by atoms with Gasteiger partial charge < -0.3 is 15.0 Å². The number of morpholine rings is 1. The van der Waals surface area contributed by atoms with Crippen molar-refractivity contribution in [2.45, 2.75) is 50.8 Å². The molecule has 1 saturated carbocycles. The standard InChI is InChI=1S/C18H25FN2O2/c19-15-8-6-14(7-9-15)13-21(16-4-2-1-3-5-16)18(22)17-12-20-10-11-23-17/h6-9,16-17,20H,1-5,10-13H2/t17-/m1/s1. The highest BCUT2D eigenvalue weighted by Crippen LogP contribution is 2.25. The monoisotopic (exact) mass is 320 g/mol. The van der Waals surface area contributed by atoms with Crippen LogP contribution in [0, 0.1) is 5.82 Å². The number of hydrogen-bond acceptors (Lipinski definition) is 3. The van der Waals surface area contributed by atoms with Gasteiger partial charge in [0.15, 0.2) is 0 Å². The SMILES string of the molecule is O=C([C@H]1CNCCO1)N(Cc1ccc(F)cc1)C1CCCCC1. The zero-order chi connectivity index (χ0) is 16.1. The fourth-order valence-corrected chi connectivity index (χ4v) is 3.48. The third-order valence-corrected chi connectivity index (χ3v) is 4.77. The average molecular weight is 320 g/mol. The summed E-state index contributed by atoms with van der Waals surface area (Å²) in [5, 5.41) is 3.22. The van der Waals surface area contributed by atoms with E-state index < -0.39 is 6.10 Å². The van der Waals surface area contributed by atoms with E-state index in [9.17, 15) is 9.18 Å². The number of halogens is 1. The number of nitrogens with one attached hydrogen (secondary N) is 1. The van der Waals surface area contributed by atoms with Crippen LogP contribution in [-0.2, 0) is 16.1 Å². The fourth-order valence-electron chi connectivity index (χ4n) is 3.48. The largest absolute Gasteiger partial charge is 0.366 e. The van der Waals surface area contributed by atoms with Gasteiger partial charge in [-0.15, -0.1) is 0 Å². The minimum Gasteiger partial charge on any atom is -0.366 e. The summed E-state index contributed by atoms with van der Waals surface area (Å²) in [5.41, 5.74) is 0.967. The summed E-state index contributed by atoms with van der Waals surface area (Å²) in [6.07, 6.45) is 5.28. The van der Waals surface area contributed by atoms with Crippen molar-refractivity contribution < 1.29 is 13.9 Å². The Morgan fingerprint density at radius 3 is 2.61 bits per heavy atom. The Kier molecular flexibility index (Phi) is 5.62. The van der Waals surface area contributed by atoms with Crippen molar-refractivity contribution in [2.75, 3.05) is 19.7 Å². The predicted molar refractivity (Wildman–Crippen MR) is 86.4 cm³/mol. The van der Waals surface area contributed by atoms with Crippen molar-refractivity contribution in [3.63, 3.8) is 0 Å². The first-order valence-electron chi connectivity index (χ1n) is 8.61. The lowest BCUT2D eigenvalue weighted by Crippen LogP contribution is -2.52. The number of amides is 1. The van der Waals surface area contributed by atoms with Crippen molar-refractivity contribution >= 4 is 5.91 Å². The van der Waals surface area contributed by atoms with Gasteiger partial charge in [0, 0.05) is 25.7 Å². The number of carbonyl (C=O) groups excluding carboxylic acids is 1. The normalized spacial score (nSPS) is 22.7. The van der Waals surface area contributed by atoms with E-state index in [0.29, 0.717) is 19.7 Å². The number of nitrogens with zero attached hydrogens (tertiary/aromatic N) is 1. The molecule has 0 spiro atoms. The maximum atomic E-state index is 13.1. The van der Waals surface area contributed by atoms with E-state index in [1.54, 1.807) is 12.1 Å². The molecule has 1 aliphatic heterocycles. The van der Waals surface area contributed by atoms with Gasteiger partial charge in [-0.25, -0.2) is 4.39 Å². The van der Waals surface area contributed by atoms with E-state index in [4.69, 9.17) is 4.74 Å². The van der Waals surface area contributed by atoms with Crippen molar-refractivity contribution in [3.05, 3.63) is 35.6 Å². The quantitative estimate of drug-likeness (QED) is 0.927. The maximum absolute atomic E-state index is 13.1. The van der Waals surface area contributed by atoms with E-state index in [0.717, 1.165) is 24.9 Å². The van der Waals surface area contributed by atoms with Crippen LogP contribution in [0.4, 0.5) is 4.39 Å². The lowest BCUT2D eigenvalue weighted by atomic mass is 9.93. The number of rotatable bonds is 4. The molecule has 126 valence electrons. The molecule has 4 nitrogen and oxygen atoms in total. The van der Waals surface area contributed by atoms with E-state index in [2.05, 4.69) is 5.32 Å². The summed E-state index contributed by atoms with van der Waals surface area (Å²) in [6.45, 7) is 2.48. The van der Waals surface area contributed by atoms with E-state index in [-0.39, 0.29) is 17.8 Å². The summed E-state index contributed by atoms with van der Waals surface area (Å²) in [5.74, 6) is -0.183.